The zero-order valence-corrected chi connectivity index (χ0v) is 11.1. The highest BCUT2D eigenvalue weighted by Crippen LogP contribution is 2.35. The van der Waals surface area contributed by atoms with Gasteiger partial charge in [0.05, 0.1) is 5.56 Å². The molecule has 1 heterocycles. The predicted molar refractivity (Wildman–Crippen MR) is 71.6 cm³/mol. The molecule has 110 valence electrons. The number of pyridine rings is 1. The largest absolute Gasteiger partial charge is 0.455 e. The van der Waals surface area contributed by atoms with Crippen LogP contribution in [0.2, 0.25) is 0 Å². The first kappa shape index (κ1) is 15.2. The molecule has 21 heavy (non-hydrogen) atoms. The lowest BCUT2D eigenvalue weighted by molar-refractivity contribution is -0.140. The molecule has 0 aliphatic carbocycles. The zero-order valence-electron chi connectivity index (χ0n) is 10.3. The molecule has 2 aromatic rings. The summed E-state index contributed by atoms with van der Waals surface area (Å²) in [7, 11) is 0. The Morgan fingerprint density at radius 1 is 1.24 bits per heavy atom. The maximum atomic E-state index is 13.2. The van der Waals surface area contributed by atoms with Crippen LogP contribution in [0.3, 0.4) is 0 Å². The van der Waals surface area contributed by atoms with E-state index in [1.807, 2.05) is 0 Å². The summed E-state index contributed by atoms with van der Waals surface area (Å²) in [5.74, 6) is -1.49. The van der Waals surface area contributed by atoms with Crippen molar-refractivity contribution in [2.75, 3.05) is 0 Å². The molecule has 0 atom stereocenters. The highest BCUT2D eigenvalue weighted by Gasteiger charge is 2.34. The lowest BCUT2D eigenvalue weighted by Gasteiger charge is -2.12. The number of thiocarbonyl (C=S) groups is 1. The van der Waals surface area contributed by atoms with Gasteiger partial charge in [0.2, 0.25) is 0 Å². The quantitative estimate of drug-likeness (QED) is 0.693. The first-order valence-corrected chi connectivity index (χ1v) is 5.99. The van der Waals surface area contributed by atoms with Gasteiger partial charge in [0.15, 0.2) is 5.75 Å². The first-order valence-electron chi connectivity index (χ1n) is 5.58. The molecule has 0 radical (unpaired) electrons. The Balaban J connectivity index is 2.40. The Kier molecular flexibility index (Phi) is 4.08. The summed E-state index contributed by atoms with van der Waals surface area (Å²) in [4.78, 5) is 3.81. The maximum absolute atomic E-state index is 13.2. The van der Waals surface area contributed by atoms with E-state index in [4.69, 9.17) is 22.7 Å². The molecule has 0 saturated heterocycles. The van der Waals surface area contributed by atoms with Gasteiger partial charge in [0.25, 0.3) is 0 Å². The van der Waals surface area contributed by atoms with Gasteiger partial charge in [-0.3, -0.25) is 0 Å². The van der Waals surface area contributed by atoms with Crippen molar-refractivity contribution in [3.8, 4) is 11.5 Å². The van der Waals surface area contributed by atoms with Gasteiger partial charge in [-0.25, -0.2) is 9.37 Å². The van der Waals surface area contributed by atoms with Crippen molar-refractivity contribution in [2.24, 2.45) is 5.73 Å². The van der Waals surface area contributed by atoms with Crippen LogP contribution in [-0.4, -0.2) is 9.97 Å². The number of hydrogen-bond acceptors (Lipinski definition) is 3. The SMILES string of the molecule is NC(=S)c1ncccc1Oc1ccc(F)c(C(F)(F)F)c1. The highest BCUT2D eigenvalue weighted by molar-refractivity contribution is 7.80. The Morgan fingerprint density at radius 2 is 1.95 bits per heavy atom. The van der Waals surface area contributed by atoms with E-state index in [0.29, 0.717) is 12.1 Å². The van der Waals surface area contributed by atoms with Crippen molar-refractivity contribution in [1.82, 2.24) is 4.98 Å². The Labute approximate surface area is 122 Å². The molecule has 2 rings (SSSR count). The summed E-state index contributed by atoms with van der Waals surface area (Å²) in [6.07, 6.45) is -3.41. The molecule has 2 N–H and O–H groups in total. The van der Waals surface area contributed by atoms with Gasteiger partial charge in [0.1, 0.15) is 22.2 Å². The van der Waals surface area contributed by atoms with Crippen LogP contribution in [0, 0.1) is 5.82 Å². The van der Waals surface area contributed by atoms with Crippen LogP contribution in [0.1, 0.15) is 11.3 Å². The zero-order chi connectivity index (χ0) is 15.6. The van der Waals surface area contributed by atoms with Crippen LogP contribution >= 0.6 is 12.2 Å². The van der Waals surface area contributed by atoms with E-state index in [2.05, 4.69) is 4.98 Å². The van der Waals surface area contributed by atoms with E-state index in [0.717, 1.165) is 6.07 Å². The molecule has 0 aliphatic rings. The van der Waals surface area contributed by atoms with Gasteiger partial charge in [-0.1, -0.05) is 12.2 Å². The summed E-state index contributed by atoms with van der Waals surface area (Å²) in [5.41, 5.74) is 4.15. The number of aromatic nitrogens is 1. The number of nitrogens with zero attached hydrogens (tertiary/aromatic N) is 1. The summed E-state index contributed by atoms with van der Waals surface area (Å²) in [6, 6.07) is 5.25. The minimum absolute atomic E-state index is 0.0660. The maximum Gasteiger partial charge on any atom is 0.419 e. The minimum Gasteiger partial charge on any atom is -0.455 e. The number of alkyl halides is 3. The smallest absolute Gasteiger partial charge is 0.419 e. The van der Waals surface area contributed by atoms with E-state index in [-0.39, 0.29) is 22.2 Å². The van der Waals surface area contributed by atoms with Crippen molar-refractivity contribution in [3.05, 3.63) is 53.6 Å². The lowest BCUT2D eigenvalue weighted by atomic mass is 10.2. The Hall–Kier alpha value is -2.22. The molecule has 8 heteroatoms. The second-order valence-corrected chi connectivity index (χ2v) is 4.40. The number of nitrogens with two attached hydrogens (primary N) is 1. The van der Waals surface area contributed by atoms with Crippen LogP contribution in [0.4, 0.5) is 17.6 Å². The summed E-state index contributed by atoms with van der Waals surface area (Å²) in [6.45, 7) is 0. The van der Waals surface area contributed by atoms with Gasteiger partial charge < -0.3 is 10.5 Å². The average molecular weight is 316 g/mol. The van der Waals surface area contributed by atoms with Crippen LogP contribution < -0.4 is 10.5 Å². The third kappa shape index (κ3) is 3.46. The number of benzene rings is 1. The predicted octanol–water partition coefficient (Wildman–Crippen LogP) is 3.67. The van der Waals surface area contributed by atoms with Gasteiger partial charge in [-0.05, 0) is 30.3 Å². The van der Waals surface area contributed by atoms with E-state index in [1.165, 1.54) is 18.3 Å². The normalized spacial score (nSPS) is 11.2. The molecule has 3 nitrogen and oxygen atoms in total. The molecule has 0 unspecified atom stereocenters. The highest BCUT2D eigenvalue weighted by atomic mass is 32.1. The van der Waals surface area contributed by atoms with Gasteiger partial charge in [-0.15, -0.1) is 0 Å². The summed E-state index contributed by atoms with van der Waals surface area (Å²) < 4.78 is 56.3. The fourth-order valence-corrected chi connectivity index (χ4v) is 1.72. The second-order valence-electron chi connectivity index (χ2n) is 3.96. The topological polar surface area (TPSA) is 48.1 Å². The van der Waals surface area contributed by atoms with Crippen molar-refractivity contribution >= 4 is 17.2 Å². The number of hydrogen-bond donors (Lipinski definition) is 1. The number of rotatable bonds is 3. The molecule has 0 fully saturated rings. The van der Waals surface area contributed by atoms with Gasteiger partial charge in [-0.2, -0.15) is 13.2 Å². The Morgan fingerprint density at radius 3 is 2.57 bits per heavy atom. The molecule has 1 aromatic heterocycles. The standard InChI is InChI=1S/C13H8F4N2OS/c14-9-4-3-7(6-8(9)13(15,16)17)20-10-2-1-5-19-11(10)12(18)21/h1-6H,(H2,18,21). The molecule has 0 bridgehead atoms. The lowest BCUT2D eigenvalue weighted by Crippen LogP contribution is -2.13. The van der Waals surface area contributed by atoms with E-state index < -0.39 is 17.6 Å². The Bertz CT molecular complexity index is 688. The number of halogens is 4. The first-order chi connectivity index (χ1) is 9.79. The average Bonchev–Trinajstić information content (AvgIpc) is 2.40. The van der Waals surface area contributed by atoms with E-state index in [9.17, 15) is 17.6 Å². The molecule has 0 amide bonds. The minimum atomic E-state index is -4.82. The van der Waals surface area contributed by atoms with Crippen molar-refractivity contribution in [1.29, 1.82) is 0 Å². The van der Waals surface area contributed by atoms with Crippen molar-refractivity contribution in [2.45, 2.75) is 6.18 Å². The number of ether oxygens (including phenoxy) is 1. The third-order valence-electron chi connectivity index (χ3n) is 2.48. The van der Waals surface area contributed by atoms with Gasteiger partial charge in [0, 0.05) is 6.20 Å². The molecular formula is C13H8F4N2OS. The van der Waals surface area contributed by atoms with E-state index >= 15 is 0 Å². The monoisotopic (exact) mass is 316 g/mol. The van der Waals surface area contributed by atoms with Crippen molar-refractivity contribution < 1.29 is 22.3 Å². The second kappa shape index (κ2) is 5.65. The van der Waals surface area contributed by atoms with Gasteiger partial charge >= 0.3 is 6.18 Å². The van der Waals surface area contributed by atoms with Crippen LogP contribution in [0.5, 0.6) is 11.5 Å². The van der Waals surface area contributed by atoms with Crippen LogP contribution in [0.25, 0.3) is 0 Å². The molecule has 0 spiro atoms. The summed E-state index contributed by atoms with van der Waals surface area (Å²) in [5, 5.41) is 0. The molecular weight excluding hydrogens is 308 g/mol. The molecule has 0 aliphatic heterocycles. The van der Waals surface area contributed by atoms with Crippen LogP contribution in [0.15, 0.2) is 36.5 Å². The molecule has 0 saturated carbocycles. The third-order valence-corrected chi connectivity index (χ3v) is 2.67. The summed E-state index contributed by atoms with van der Waals surface area (Å²) >= 11 is 4.77. The molecule has 1 aromatic carbocycles. The fraction of sp³-hybridized carbons (Fsp3) is 0.0769. The van der Waals surface area contributed by atoms with Crippen LogP contribution in [-0.2, 0) is 6.18 Å². The fourth-order valence-electron chi connectivity index (χ4n) is 1.57. The van der Waals surface area contributed by atoms with E-state index in [1.54, 1.807) is 0 Å². The van der Waals surface area contributed by atoms with Crippen molar-refractivity contribution in [3.63, 3.8) is 0 Å².